The second-order valence-corrected chi connectivity index (χ2v) is 6.48. The number of rotatable bonds is 2. The molecule has 0 saturated carbocycles. The van der Waals surface area contributed by atoms with Gasteiger partial charge in [-0.25, -0.2) is 0 Å². The second-order valence-electron chi connectivity index (χ2n) is 6.48. The quantitative estimate of drug-likeness (QED) is 0.826. The third-order valence-electron chi connectivity index (χ3n) is 5.50. The molecule has 3 aliphatic rings. The van der Waals surface area contributed by atoms with Crippen LogP contribution < -0.4 is 0 Å². The van der Waals surface area contributed by atoms with E-state index in [0.717, 1.165) is 25.6 Å². The van der Waals surface area contributed by atoms with E-state index in [0.29, 0.717) is 12.1 Å². The average molecular weight is 273 g/mol. The summed E-state index contributed by atoms with van der Waals surface area (Å²) in [6, 6.07) is 12.0. The van der Waals surface area contributed by atoms with Crippen LogP contribution in [0.2, 0.25) is 0 Å². The Morgan fingerprint density at radius 3 is 2.70 bits per heavy atom. The van der Waals surface area contributed by atoms with E-state index in [1.54, 1.807) is 0 Å². The van der Waals surface area contributed by atoms with Crippen LogP contribution in [0.25, 0.3) is 0 Å². The summed E-state index contributed by atoms with van der Waals surface area (Å²) in [7, 11) is 2.26. The fourth-order valence-electron chi connectivity index (χ4n) is 4.56. The Morgan fingerprint density at radius 1 is 1.20 bits per heavy atom. The van der Waals surface area contributed by atoms with Crippen LogP contribution in [0, 0.1) is 5.92 Å². The number of fused-ring (bicyclic) bond motifs is 3. The van der Waals surface area contributed by atoms with Crippen molar-refractivity contribution < 1.29 is 9.47 Å². The molecule has 3 heteroatoms. The minimum atomic E-state index is -0.295. The Kier molecular flexibility index (Phi) is 3.09. The summed E-state index contributed by atoms with van der Waals surface area (Å²) < 4.78 is 12.0. The van der Waals surface area contributed by atoms with E-state index >= 15 is 0 Å². The molecule has 1 unspecified atom stereocenters. The van der Waals surface area contributed by atoms with Crippen LogP contribution in [0.1, 0.15) is 24.8 Å². The van der Waals surface area contributed by atoms with Gasteiger partial charge in [0.2, 0.25) is 0 Å². The molecule has 3 atom stereocenters. The smallest absolute Gasteiger partial charge is 0.184 e. The third kappa shape index (κ3) is 1.92. The Hall–Kier alpha value is -0.900. The molecule has 1 spiro atoms. The molecule has 1 aromatic carbocycles. The summed E-state index contributed by atoms with van der Waals surface area (Å²) in [4.78, 5) is 2.53. The Labute approximate surface area is 120 Å². The maximum Gasteiger partial charge on any atom is 0.184 e. The first kappa shape index (κ1) is 12.8. The largest absolute Gasteiger partial charge is 0.346 e. The van der Waals surface area contributed by atoms with Crippen LogP contribution in [0.3, 0.4) is 0 Å². The van der Waals surface area contributed by atoms with Crippen molar-refractivity contribution >= 4 is 0 Å². The lowest BCUT2D eigenvalue weighted by Crippen LogP contribution is -2.55. The fourth-order valence-corrected chi connectivity index (χ4v) is 4.56. The van der Waals surface area contributed by atoms with Crippen LogP contribution in [0.4, 0.5) is 0 Å². The molecule has 3 nitrogen and oxygen atoms in total. The summed E-state index contributed by atoms with van der Waals surface area (Å²) in [6.07, 6.45) is 4.65. The maximum absolute atomic E-state index is 6.02. The first-order valence-electron chi connectivity index (χ1n) is 7.82. The predicted octanol–water partition coefficient (Wildman–Crippen LogP) is 2.45. The van der Waals surface area contributed by atoms with E-state index in [-0.39, 0.29) is 5.79 Å². The van der Waals surface area contributed by atoms with Crippen LogP contribution >= 0.6 is 0 Å². The molecule has 3 aliphatic heterocycles. The normalized spacial score (nSPS) is 35.8. The molecule has 3 heterocycles. The molecule has 1 aromatic rings. The number of ether oxygens (including phenoxy) is 2. The van der Waals surface area contributed by atoms with Gasteiger partial charge in [0, 0.05) is 12.5 Å². The number of benzene rings is 1. The predicted molar refractivity (Wildman–Crippen MR) is 77.5 cm³/mol. The van der Waals surface area contributed by atoms with Crippen LogP contribution in [-0.4, -0.2) is 43.0 Å². The van der Waals surface area contributed by atoms with E-state index in [1.165, 1.54) is 24.8 Å². The summed E-state index contributed by atoms with van der Waals surface area (Å²) in [5.41, 5.74) is 1.46. The third-order valence-corrected chi connectivity index (χ3v) is 5.50. The van der Waals surface area contributed by atoms with Crippen molar-refractivity contribution in [2.45, 2.75) is 43.6 Å². The van der Waals surface area contributed by atoms with Gasteiger partial charge in [-0.05, 0) is 37.8 Å². The minimum absolute atomic E-state index is 0.295. The molecular weight excluding hydrogens is 250 g/mol. The molecule has 0 radical (unpaired) electrons. The van der Waals surface area contributed by atoms with Gasteiger partial charge >= 0.3 is 0 Å². The molecule has 2 bridgehead atoms. The van der Waals surface area contributed by atoms with Gasteiger partial charge < -0.3 is 9.47 Å². The monoisotopic (exact) mass is 273 g/mol. The van der Waals surface area contributed by atoms with Crippen molar-refractivity contribution in [3.8, 4) is 0 Å². The van der Waals surface area contributed by atoms with Gasteiger partial charge in [0.15, 0.2) is 5.79 Å². The molecule has 108 valence electrons. The van der Waals surface area contributed by atoms with Gasteiger partial charge in [0.25, 0.3) is 0 Å². The molecular formula is C17H23NO2. The van der Waals surface area contributed by atoms with Crippen molar-refractivity contribution in [1.29, 1.82) is 0 Å². The highest BCUT2D eigenvalue weighted by atomic mass is 16.7. The van der Waals surface area contributed by atoms with Gasteiger partial charge in [0.1, 0.15) is 0 Å². The van der Waals surface area contributed by atoms with Gasteiger partial charge in [0.05, 0.1) is 19.3 Å². The van der Waals surface area contributed by atoms with Gasteiger partial charge in [-0.2, -0.15) is 0 Å². The lowest BCUT2D eigenvalue weighted by Gasteiger charge is -2.43. The minimum Gasteiger partial charge on any atom is -0.346 e. The Morgan fingerprint density at radius 2 is 1.95 bits per heavy atom. The highest BCUT2D eigenvalue weighted by Gasteiger charge is 2.56. The first-order valence-corrected chi connectivity index (χ1v) is 7.82. The van der Waals surface area contributed by atoms with Gasteiger partial charge in [-0.15, -0.1) is 0 Å². The van der Waals surface area contributed by atoms with E-state index in [2.05, 4.69) is 42.3 Å². The van der Waals surface area contributed by atoms with Crippen molar-refractivity contribution in [2.75, 3.05) is 20.3 Å². The summed E-state index contributed by atoms with van der Waals surface area (Å²) in [5.74, 6) is 0.441. The molecule has 0 aliphatic carbocycles. The first-order chi connectivity index (χ1) is 9.78. The SMILES string of the molecule is CN1[C@@H]2CCC3(OCCO3)[C@H]1CC2Cc1ccccc1. The number of hydrogen-bond donors (Lipinski definition) is 0. The highest BCUT2D eigenvalue weighted by molar-refractivity contribution is 5.17. The van der Waals surface area contributed by atoms with Crippen molar-refractivity contribution in [2.24, 2.45) is 5.92 Å². The zero-order chi connectivity index (χ0) is 13.6. The fraction of sp³-hybridized carbons (Fsp3) is 0.647. The topological polar surface area (TPSA) is 21.7 Å². The van der Waals surface area contributed by atoms with E-state index in [9.17, 15) is 0 Å². The van der Waals surface area contributed by atoms with Gasteiger partial charge in [-0.3, -0.25) is 4.90 Å². The van der Waals surface area contributed by atoms with E-state index in [1.807, 2.05) is 0 Å². The van der Waals surface area contributed by atoms with E-state index < -0.39 is 0 Å². The van der Waals surface area contributed by atoms with Crippen LogP contribution in [0.5, 0.6) is 0 Å². The molecule has 4 rings (SSSR count). The lowest BCUT2D eigenvalue weighted by atomic mass is 9.91. The van der Waals surface area contributed by atoms with E-state index in [4.69, 9.17) is 9.47 Å². The molecule has 3 fully saturated rings. The average Bonchev–Trinajstić information content (AvgIpc) is 2.99. The molecule has 0 amide bonds. The zero-order valence-electron chi connectivity index (χ0n) is 12.1. The molecule has 0 aromatic heterocycles. The number of hydrogen-bond acceptors (Lipinski definition) is 3. The van der Waals surface area contributed by atoms with Crippen molar-refractivity contribution in [1.82, 2.24) is 4.90 Å². The van der Waals surface area contributed by atoms with Gasteiger partial charge in [-0.1, -0.05) is 30.3 Å². The number of nitrogens with zero attached hydrogens (tertiary/aromatic N) is 1. The summed E-state index contributed by atoms with van der Waals surface area (Å²) in [5, 5.41) is 0. The molecule has 0 N–H and O–H groups in total. The molecule has 3 saturated heterocycles. The summed E-state index contributed by atoms with van der Waals surface area (Å²) >= 11 is 0. The summed E-state index contributed by atoms with van der Waals surface area (Å²) in [6.45, 7) is 1.52. The second kappa shape index (κ2) is 4.83. The van der Waals surface area contributed by atoms with Crippen molar-refractivity contribution in [3.05, 3.63) is 35.9 Å². The van der Waals surface area contributed by atoms with Crippen molar-refractivity contribution in [3.63, 3.8) is 0 Å². The zero-order valence-corrected chi connectivity index (χ0v) is 12.1. The Bertz CT molecular complexity index is 469. The Balaban J connectivity index is 1.54. The number of likely N-dealkylation sites (N-methyl/N-ethyl adjacent to an activating group) is 1. The van der Waals surface area contributed by atoms with Crippen LogP contribution in [0.15, 0.2) is 30.3 Å². The lowest BCUT2D eigenvalue weighted by molar-refractivity contribution is -0.215. The number of piperidine rings is 1. The van der Waals surface area contributed by atoms with Crippen LogP contribution in [-0.2, 0) is 15.9 Å². The molecule has 20 heavy (non-hydrogen) atoms. The maximum atomic E-state index is 6.02. The highest BCUT2D eigenvalue weighted by Crippen LogP contribution is 2.48. The standard InChI is InChI=1S/C17H23NO2/c1-18-15-7-8-17(19-9-10-20-17)16(18)12-14(15)11-13-5-3-2-4-6-13/h2-6,14-16H,7-12H2,1H3/t14?,15-,16-/m1/s1.